The molecule has 0 aromatic heterocycles. The molecule has 0 heterocycles. The molecular formula is C24H18O4S5. The first-order valence-electron chi connectivity index (χ1n) is 9.66. The Balaban J connectivity index is 1.59. The van der Waals surface area contributed by atoms with E-state index in [4.69, 9.17) is 0 Å². The van der Waals surface area contributed by atoms with Crippen LogP contribution < -0.4 is 0 Å². The molecule has 0 radical (unpaired) electrons. The van der Waals surface area contributed by atoms with Gasteiger partial charge in [-0.2, -0.15) is 0 Å². The molecule has 4 rings (SSSR count). The van der Waals surface area contributed by atoms with Crippen molar-refractivity contribution in [2.45, 2.75) is 19.6 Å². The third-order valence-corrected chi connectivity index (χ3v) is 10.1. The van der Waals surface area contributed by atoms with Crippen LogP contribution >= 0.6 is 31.4 Å². The molecule has 2 N–H and O–H groups in total. The summed E-state index contributed by atoms with van der Waals surface area (Å²) in [5.41, 5.74) is 3.24. The van der Waals surface area contributed by atoms with Crippen LogP contribution in [0, 0.1) is 0 Å². The molecule has 4 aromatic rings. The van der Waals surface area contributed by atoms with Crippen molar-refractivity contribution < 1.29 is 17.5 Å². The standard InChI is InChI=1S/C24H18O4S5/c25-32(26)23-15-7-3-11-19(23)17-9-1-5-13-21(17)29-31-30-22-14-6-2-10-18(22)20-12-4-8-16-24(20)33(27)28/h1-16H,(H,25,26)(H,27,28). The van der Waals surface area contributed by atoms with Crippen molar-refractivity contribution in [3.63, 3.8) is 0 Å². The molecule has 0 fully saturated rings. The third kappa shape index (κ3) is 5.81. The van der Waals surface area contributed by atoms with Crippen molar-refractivity contribution >= 4 is 53.6 Å². The van der Waals surface area contributed by atoms with Gasteiger partial charge in [0.15, 0.2) is 22.2 Å². The molecule has 0 aliphatic rings. The van der Waals surface area contributed by atoms with E-state index in [0.717, 1.165) is 32.0 Å². The summed E-state index contributed by atoms with van der Waals surface area (Å²) in [6.07, 6.45) is 0. The summed E-state index contributed by atoms with van der Waals surface area (Å²) < 4.78 is 43.0. The lowest BCUT2D eigenvalue weighted by Crippen LogP contribution is -1.93. The van der Waals surface area contributed by atoms with E-state index in [0.29, 0.717) is 9.79 Å². The maximum absolute atomic E-state index is 11.8. The summed E-state index contributed by atoms with van der Waals surface area (Å²) in [5.74, 6) is 0. The Labute approximate surface area is 209 Å². The van der Waals surface area contributed by atoms with Gasteiger partial charge in [0.1, 0.15) is 0 Å². The van der Waals surface area contributed by atoms with Gasteiger partial charge in [-0.05, 0) is 66.8 Å². The van der Waals surface area contributed by atoms with E-state index >= 15 is 0 Å². The summed E-state index contributed by atoms with van der Waals surface area (Å²) >= 11 is -4.16. The van der Waals surface area contributed by atoms with E-state index in [-0.39, 0.29) is 0 Å². The van der Waals surface area contributed by atoms with Gasteiger partial charge in [0.2, 0.25) is 0 Å². The van der Waals surface area contributed by atoms with Gasteiger partial charge in [-0.25, -0.2) is 8.42 Å². The molecule has 168 valence electrons. The van der Waals surface area contributed by atoms with Crippen LogP contribution in [0.1, 0.15) is 0 Å². The van der Waals surface area contributed by atoms with Crippen molar-refractivity contribution in [2.75, 3.05) is 0 Å². The molecule has 0 bridgehead atoms. The molecule has 0 aliphatic carbocycles. The Kier molecular flexibility index (Phi) is 8.48. The largest absolute Gasteiger partial charge is 0.302 e. The van der Waals surface area contributed by atoms with Gasteiger partial charge in [0, 0.05) is 20.9 Å². The number of rotatable bonds is 8. The average Bonchev–Trinajstić information content (AvgIpc) is 2.84. The van der Waals surface area contributed by atoms with Gasteiger partial charge in [0.25, 0.3) is 0 Å². The molecular weight excluding hydrogens is 513 g/mol. The number of benzene rings is 4. The summed E-state index contributed by atoms with van der Waals surface area (Å²) in [6.45, 7) is 0. The van der Waals surface area contributed by atoms with Crippen molar-refractivity contribution in [2.24, 2.45) is 0 Å². The van der Waals surface area contributed by atoms with Gasteiger partial charge in [-0.3, -0.25) is 0 Å². The highest BCUT2D eigenvalue weighted by Gasteiger charge is 2.15. The smallest absolute Gasteiger partial charge is 0.187 e. The topological polar surface area (TPSA) is 74.6 Å². The van der Waals surface area contributed by atoms with E-state index in [1.165, 1.54) is 0 Å². The highest BCUT2D eigenvalue weighted by molar-refractivity contribution is 9.09. The molecule has 0 aliphatic heterocycles. The van der Waals surface area contributed by atoms with Gasteiger partial charge >= 0.3 is 0 Å². The molecule has 4 aromatic carbocycles. The van der Waals surface area contributed by atoms with Crippen LogP contribution in [-0.2, 0) is 22.2 Å². The van der Waals surface area contributed by atoms with Crippen LogP contribution in [0.4, 0.5) is 0 Å². The van der Waals surface area contributed by atoms with E-state index < -0.39 is 22.2 Å². The SMILES string of the molecule is O=S(O)c1ccccc1-c1ccccc1SSSc1ccccc1-c1ccccc1S(=O)O. The van der Waals surface area contributed by atoms with Gasteiger partial charge in [0.05, 0.1) is 9.79 Å². The van der Waals surface area contributed by atoms with Crippen LogP contribution in [0.2, 0.25) is 0 Å². The first-order chi connectivity index (χ1) is 16.1. The first-order valence-corrected chi connectivity index (χ1v) is 15.4. The second-order valence-corrected chi connectivity index (χ2v) is 12.6. The Morgan fingerprint density at radius 3 is 1.21 bits per heavy atom. The number of hydrogen-bond acceptors (Lipinski definition) is 5. The summed E-state index contributed by atoms with van der Waals surface area (Å²) in [7, 11) is 4.68. The highest BCUT2D eigenvalue weighted by Crippen LogP contribution is 2.49. The summed E-state index contributed by atoms with van der Waals surface area (Å²) in [6, 6.07) is 29.8. The molecule has 4 nitrogen and oxygen atoms in total. The molecule has 2 atom stereocenters. The van der Waals surface area contributed by atoms with Crippen LogP contribution in [0.15, 0.2) is 117 Å². The van der Waals surface area contributed by atoms with Gasteiger partial charge in [-0.1, -0.05) is 72.8 Å². The fourth-order valence-electron chi connectivity index (χ4n) is 3.30. The normalized spacial score (nSPS) is 12.9. The Hall–Kier alpha value is -1.85. The lowest BCUT2D eigenvalue weighted by molar-refractivity contribution is 0.563. The second kappa shape index (κ2) is 11.5. The molecule has 0 spiro atoms. The Morgan fingerprint density at radius 2 is 0.818 bits per heavy atom. The van der Waals surface area contributed by atoms with Crippen LogP contribution in [0.25, 0.3) is 22.3 Å². The van der Waals surface area contributed by atoms with Crippen LogP contribution in [-0.4, -0.2) is 17.5 Å². The lowest BCUT2D eigenvalue weighted by atomic mass is 10.1. The fourth-order valence-corrected chi connectivity index (χ4v) is 8.44. The average molecular weight is 531 g/mol. The molecule has 9 heteroatoms. The van der Waals surface area contributed by atoms with Crippen molar-refractivity contribution in [1.29, 1.82) is 0 Å². The minimum atomic E-state index is -2.08. The highest BCUT2D eigenvalue weighted by atomic mass is 33.5. The van der Waals surface area contributed by atoms with E-state index in [1.807, 2.05) is 72.8 Å². The quantitative estimate of drug-likeness (QED) is 0.179. The Morgan fingerprint density at radius 1 is 0.485 bits per heavy atom. The molecule has 33 heavy (non-hydrogen) atoms. The van der Waals surface area contributed by atoms with E-state index in [9.17, 15) is 17.5 Å². The van der Waals surface area contributed by atoms with Crippen molar-refractivity contribution in [1.82, 2.24) is 0 Å². The predicted octanol–water partition coefficient (Wildman–Crippen LogP) is 7.63. The van der Waals surface area contributed by atoms with Gasteiger partial charge < -0.3 is 9.11 Å². The number of hydrogen-bond donors (Lipinski definition) is 2. The second-order valence-electron chi connectivity index (χ2n) is 6.72. The predicted molar refractivity (Wildman–Crippen MR) is 141 cm³/mol. The zero-order valence-corrected chi connectivity index (χ0v) is 21.1. The Bertz CT molecular complexity index is 1220. The van der Waals surface area contributed by atoms with Gasteiger partial charge in [-0.15, -0.1) is 0 Å². The third-order valence-electron chi connectivity index (χ3n) is 4.75. The maximum atomic E-state index is 11.8. The minimum Gasteiger partial charge on any atom is -0.302 e. The summed E-state index contributed by atoms with van der Waals surface area (Å²) in [5, 5.41) is 0. The van der Waals surface area contributed by atoms with Crippen molar-refractivity contribution in [3.05, 3.63) is 97.1 Å². The zero-order valence-electron chi connectivity index (χ0n) is 17.0. The maximum Gasteiger partial charge on any atom is 0.187 e. The van der Waals surface area contributed by atoms with Crippen molar-refractivity contribution in [3.8, 4) is 22.3 Å². The van der Waals surface area contributed by atoms with Crippen LogP contribution in [0.3, 0.4) is 0 Å². The lowest BCUT2D eigenvalue weighted by Gasteiger charge is -2.13. The minimum absolute atomic E-state index is 0.377. The van der Waals surface area contributed by atoms with Crippen LogP contribution in [0.5, 0.6) is 0 Å². The summed E-state index contributed by atoms with van der Waals surface area (Å²) in [4.78, 5) is 2.70. The first kappa shape index (κ1) is 24.3. The molecule has 0 amide bonds. The molecule has 0 saturated carbocycles. The zero-order chi connectivity index (χ0) is 23.2. The van der Waals surface area contributed by atoms with E-state index in [1.54, 1.807) is 55.7 Å². The van der Waals surface area contributed by atoms with E-state index in [2.05, 4.69) is 0 Å². The monoisotopic (exact) mass is 530 g/mol. The molecule has 2 unspecified atom stereocenters. The molecule has 0 saturated heterocycles. The fraction of sp³-hybridized carbons (Fsp3) is 0.